The first-order valence-electron chi connectivity index (χ1n) is 4.22. The van der Waals surface area contributed by atoms with Crippen LogP contribution < -0.4 is 4.74 Å². The maximum atomic E-state index is 11.2. The predicted molar refractivity (Wildman–Crippen MR) is 53.1 cm³/mol. The molecule has 0 aliphatic heterocycles. The Labute approximate surface area is 87.1 Å². The summed E-state index contributed by atoms with van der Waals surface area (Å²) < 4.78 is 4.94. The second-order valence-electron chi connectivity index (χ2n) is 2.93. The molecule has 0 aliphatic carbocycles. The second-order valence-corrected chi connectivity index (χ2v) is 2.93. The van der Waals surface area contributed by atoms with Gasteiger partial charge in [0.15, 0.2) is 12.1 Å². The van der Waals surface area contributed by atoms with E-state index >= 15 is 0 Å². The SMILES string of the molecule is COc1cc(C(C)=O)c(C=O)cc1C#N. The molecule has 0 bridgehead atoms. The molecule has 0 radical (unpaired) electrons. The highest BCUT2D eigenvalue weighted by Gasteiger charge is 2.12. The third kappa shape index (κ3) is 2.02. The number of hydrogen-bond donors (Lipinski definition) is 0. The first-order chi connectivity index (χ1) is 7.13. The molecule has 4 nitrogen and oxygen atoms in total. The number of ketones is 1. The van der Waals surface area contributed by atoms with E-state index in [9.17, 15) is 9.59 Å². The van der Waals surface area contributed by atoms with Crippen LogP contribution in [0.4, 0.5) is 0 Å². The van der Waals surface area contributed by atoms with Crippen LogP contribution >= 0.6 is 0 Å². The molecule has 0 aliphatic rings. The normalized spacial score (nSPS) is 9.13. The van der Waals surface area contributed by atoms with Gasteiger partial charge >= 0.3 is 0 Å². The first kappa shape index (κ1) is 10.9. The molecule has 0 amide bonds. The number of rotatable bonds is 3. The second kappa shape index (κ2) is 4.38. The molecule has 0 spiro atoms. The Kier molecular flexibility index (Phi) is 3.19. The quantitative estimate of drug-likeness (QED) is 0.552. The van der Waals surface area contributed by atoms with Gasteiger partial charge in [0.05, 0.1) is 12.7 Å². The fraction of sp³-hybridized carbons (Fsp3) is 0.182. The monoisotopic (exact) mass is 203 g/mol. The Morgan fingerprint density at radius 2 is 2.20 bits per heavy atom. The van der Waals surface area contributed by atoms with Crippen molar-refractivity contribution < 1.29 is 14.3 Å². The summed E-state index contributed by atoms with van der Waals surface area (Å²) in [7, 11) is 1.40. The third-order valence-corrected chi connectivity index (χ3v) is 2.00. The minimum absolute atomic E-state index is 0.208. The molecule has 0 fully saturated rings. The molecule has 4 heteroatoms. The number of nitriles is 1. The van der Waals surface area contributed by atoms with E-state index in [2.05, 4.69) is 0 Å². The average molecular weight is 203 g/mol. The molecule has 0 saturated carbocycles. The van der Waals surface area contributed by atoms with Gasteiger partial charge < -0.3 is 4.74 Å². The van der Waals surface area contributed by atoms with Crippen LogP contribution in [0.5, 0.6) is 5.75 Å². The molecule has 0 heterocycles. The van der Waals surface area contributed by atoms with E-state index in [4.69, 9.17) is 10.00 Å². The van der Waals surface area contributed by atoms with Gasteiger partial charge in [-0.1, -0.05) is 0 Å². The Hall–Kier alpha value is -2.15. The van der Waals surface area contributed by atoms with Crippen molar-refractivity contribution in [3.8, 4) is 11.8 Å². The van der Waals surface area contributed by atoms with E-state index in [1.807, 2.05) is 6.07 Å². The zero-order valence-corrected chi connectivity index (χ0v) is 8.40. The Morgan fingerprint density at radius 1 is 1.53 bits per heavy atom. The van der Waals surface area contributed by atoms with Crippen LogP contribution in [0.1, 0.15) is 33.2 Å². The van der Waals surface area contributed by atoms with Crippen LogP contribution in [0.25, 0.3) is 0 Å². The fourth-order valence-electron chi connectivity index (χ4n) is 1.26. The molecule has 1 aromatic rings. The van der Waals surface area contributed by atoms with Gasteiger partial charge in [0, 0.05) is 11.1 Å². The third-order valence-electron chi connectivity index (χ3n) is 2.00. The summed E-state index contributed by atoms with van der Waals surface area (Å²) in [6, 6.07) is 4.65. The molecule has 1 aromatic carbocycles. The molecule has 15 heavy (non-hydrogen) atoms. The highest BCUT2D eigenvalue weighted by Crippen LogP contribution is 2.22. The first-order valence-corrected chi connectivity index (χ1v) is 4.22. The number of carbonyl (C=O) groups excluding carboxylic acids is 2. The summed E-state index contributed by atoms with van der Waals surface area (Å²) >= 11 is 0. The van der Waals surface area contributed by atoms with Crippen molar-refractivity contribution in [3.63, 3.8) is 0 Å². The van der Waals surface area contributed by atoms with Gasteiger partial charge in [-0.2, -0.15) is 5.26 Å². The van der Waals surface area contributed by atoms with E-state index in [0.717, 1.165) is 0 Å². The number of aldehydes is 1. The Bertz CT molecular complexity index is 458. The lowest BCUT2D eigenvalue weighted by Gasteiger charge is -2.06. The smallest absolute Gasteiger partial charge is 0.160 e. The van der Waals surface area contributed by atoms with Gasteiger partial charge in [-0.15, -0.1) is 0 Å². The summed E-state index contributed by atoms with van der Waals surface area (Å²) in [6.45, 7) is 1.35. The molecule has 0 N–H and O–H groups in total. The number of Topliss-reactive ketones (excluding diaryl/α,β-unsaturated/α-hetero) is 1. The van der Waals surface area contributed by atoms with E-state index in [-0.39, 0.29) is 22.5 Å². The zero-order valence-electron chi connectivity index (χ0n) is 8.40. The molecule has 0 atom stereocenters. The zero-order chi connectivity index (χ0) is 11.4. The van der Waals surface area contributed by atoms with Crippen molar-refractivity contribution in [1.82, 2.24) is 0 Å². The summed E-state index contributed by atoms with van der Waals surface area (Å²) in [5.74, 6) is 0.0631. The number of benzene rings is 1. The van der Waals surface area contributed by atoms with E-state index < -0.39 is 0 Å². The lowest BCUT2D eigenvalue weighted by atomic mass is 10.0. The number of nitrogens with zero attached hydrogens (tertiary/aromatic N) is 1. The van der Waals surface area contributed by atoms with Crippen molar-refractivity contribution in [2.45, 2.75) is 6.92 Å². The lowest BCUT2D eigenvalue weighted by molar-refractivity contribution is 0.100. The standard InChI is InChI=1S/C11H9NO3/c1-7(14)10-4-11(15-2)8(5-12)3-9(10)6-13/h3-4,6H,1-2H3. The van der Waals surface area contributed by atoms with Gasteiger partial charge in [0.1, 0.15) is 11.8 Å². The van der Waals surface area contributed by atoms with E-state index in [1.165, 1.54) is 26.2 Å². The van der Waals surface area contributed by atoms with Crippen LogP contribution in [-0.2, 0) is 0 Å². The topological polar surface area (TPSA) is 67.2 Å². The van der Waals surface area contributed by atoms with Gasteiger partial charge in [0.2, 0.25) is 0 Å². The minimum atomic E-state index is -0.236. The van der Waals surface area contributed by atoms with Crippen LogP contribution in [0.2, 0.25) is 0 Å². The van der Waals surface area contributed by atoms with Crippen LogP contribution in [0, 0.1) is 11.3 Å². The highest BCUT2D eigenvalue weighted by atomic mass is 16.5. The Balaban J connectivity index is 3.49. The summed E-state index contributed by atoms with van der Waals surface area (Å²) in [5.41, 5.74) is 0.713. The highest BCUT2D eigenvalue weighted by molar-refractivity contribution is 6.02. The van der Waals surface area contributed by atoms with Crippen LogP contribution in [-0.4, -0.2) is 19.2 Å². The maximum absolute atomic E-state index is 11.2. The predicted octanol–water partition coefficient (Wildman–Crippen LogP) is 1.58. The number of ether oxygens (including phenoxy) is 1. The number of hydrogen-bond acceptors (Lipinski definition) is 4. The van der Waals surface area contributed by atoms with Gasteiger partial charge in [-0.05, 0) is 19.1 Å². The van der Waals surface area contributed by atoms with Crippen molar-refractivity contribution in [3.05, 3.63) is 28.8 Å². The number of methoxy groups -OCH3 is 1. The van der Waals surface area contributed by atoms with E-state index in [0.29, 0.717) is 12.0 Å². The molecule has 0 unspecified atom stereocenters. The van der Waals surface area contributed by atoms with Crippen molar-refractivity contribution >= 4 is 12.1 Å². The lowest BCUT2D eigenvalue weighted by Crippen LogP contribution is -2.01. The van der Waals surface area contributed by atoms with Crippen molar-refractivity contribution in [2.75, 3.05) is 7.11 Å². The summed E-state index contributed by atoms with van der Waals surface area (Å²) in [4.78, 5) is 21.9. The largest absolute Gasteiger partial charge is 0.495 e. The van der Waals surface area contributed by atoms with Gasteiger partial charge in [-0.3, -0.25) is 9.59 Å². The van der Waals surface area contributed by atoms with Crippen LogP contribution in [0.15, 0.2) is 12.1 Å². The molecule has 0 aromatic heterocycles. The maximum Gasteiger partial charge on any atom is 0.160 e. The van der Waals surface area contributed by atoms with Gasteiger partial charge in [0.25, 0.3) is 0 Å². The fourth-order valence-corrected chi connectivity index (χ4v) is 1.26. The molecular formula is C11H9NO3. The molecular weight excluding hydrogens is 194 g/mol. The molecule has 0 saturated heterocycles. The Morgan fingerprint density at radius 3 is 2.60 bits per heavy atom. The molecule has 76 valence electrons. The van der Waals surface area contributed by atoms with Crippen molar-refractivity contribution in [2.24, 2.45) is 0 Å². The summed E-state index contributed by atoms with van der Waals surface area (Å²) in [6.07, 6.45) is 0.553. The van der Waals surface area contributed by atoms with Crippen molar-refractivity contribution in [1.29, 1.82) is 5.26 Å². The van der Waals surface area contributed by atoms with Crippen LogP contribution in [0.3, 0.4) is 0 Å². The minimum Gasteiger partial charge on any atom is -0.495 e. The summed E-state index contributed by atoms with van der Waals surface area (Å²) in [5, 5.41) is 8.77. The average Bonchev–Trinajstić information content (AvgIpc) is 2.26. The van der Waals surface area contributed by atoms with E-state index in [1.54, 1.807) is 0 Å². The number of carbonyl (C=O) groups is 2. The molecule has 1 rings (SSSR count). The van der Waals surface area contributed by atoms with Gasteiger partial charge in [-0.25, -0.2) is 0 Å².